The number of rotatable bonds is 15. The van der Waals surface area contributed by atoms with E-state index in [2.05, 4.69) is 57.3 Å². The fraction of sp³-hybridized carbons (Fsp3) is 0.552. The summed E-state index contributed by atoms with van der Waals surface area (Å²) in [6.45, 7) is 8.54. The van der Waals surface area contributed by atoms with Gasteiger partial charge in [0.25, 0.3) is 0 Å². The monoisotopic (exact) mass is 453 g/mol. The lowest BCUT2D eigenvalue weighted by Gasteiger charge is -2.19. The maximum atomic E-state index is 13.3. The van der Waals surface area contributed by atoms with Crippen molar-refractivity contribution in [1.82, 2.24) is 0 Å². The minimum atomic E-state index is -0.171. The first kappa shape index (κ1) is 26.5. The molecule has 2 nitrogen and oxygen atoms in total. The van der Waals surface area contributed by atoms with Gasteiger partial charge in [0.05, 0.1) is 0 Å². The summed E-state index contributed by atoms with van der Waals surface area (Å²) in [5.41, 5.74) is 5.57. The highest BCUT2D eigenvalue weighted by Crippen LogP contribution is 2.32. The molecule has 0 aromatic heterocycles. The van der Waals surface area contributed by atoms with Gasteiger partial charge in [0, 0.05) is 5.69 Å². The van der Waals surface area contributed by atoms with Crippen molar-refractivity contribution in [1.29, 1.82) is 0 Å². The molecular formula is C29H43NOS. The minimum absolute atomic E-state index is 0.0846. The van der Waals surface area contributed by atoms with Crippen LogP contribution < -0.4 is 5.32 Å². The van der Waals surface area contributed by atoms with Crippen LogP contribution in [0.2, 0.25) is 0 Å². The molecule has 0 aliphatic carbocycles. The van der Waals surface area contributed by atoms with Crippen LogP contribution in [0.3, 0.4) is 0 Å². The molecule has 0 spiro atoms. The maximum Gasteiger partial charge on any atom is 0.242 e. The molecule has 0 aliphatic heterocycles. The number of nitrogens with one attached hydrogen (secondary N) is 1. The van der Waals surface area contributed by atoms with Crippen molar-refractivity contribution in [3.05, 3.63) is 64.7 Å². The Labute approximate surface area is 201 Å². The highest BCUT2D eigenvalue weighted by atomic mass is 32.2. The standard InChI is InChI=1S/C29H43NOS/c1-5-6-7-8-9-10-11-12-13-17-20-32-28(26-18-15-14-16-19-26)29(31)30-27-22-23(2)21-24(3)25(27)4/h14-16,18-19,21-22,28H,5-13,17,20H2,1-4H3,(H,30,31). The maximum absolute atomic E-state index is 13.3. The molecule has 3 heteroatoms. The third-order valence-corrected chi connectivity index (χ3v) is 7.54. The molecule has 2 aromatic rings. The van der Waals surface area contributed by atoms with E-state index in [4.69, 9.17) is 0 Å². The van der Waals surface area contributed by atoms with E-state index < -0.39 is 0 Å². The molecule has 2 aromatic carbocycles. The molecule has 0 heterocycles. The van der Waals surface area contributed by atoms with Crippen molar-refractivity contribution in [3.63, 3.8) is 0 Å². The normalized spacial score (nSPS) is 12.0. The SMILES string of the molecule is CCCCCCCCCCCCSC(C(=O)Nc1cc(C)cc(C)c1C)c1ccccc1. The molecule has 0 saturated heterocycles. The quantitative estimate of drug-likeness (QED) is 0.273. The zero-order valence-corrected chi connectivity index (χ0v) is 21.5. The van der Waals surface area contributed by atoms with Gasteiger partial charge in [0.15, 0.2) is 0 Å². The number of thioether (sulfide) groups is 1. The van der Waals surface area contributed by atoms with Crippen molar-refractivity contribution in [2.24, 2.45) is 0 Å². The molecule has 1 unspecified atom stereocenters. The van der Waals surface area contributed by atoms with Crippen molar-refractivity contribution < 1.29 is 4.79 Å². The Morgan fingerprint density at radius 3 is 2.06 bits per heavy atom. The van der Waals surface area contributed by atoms with E-state index in [1.807, 2.05) is 18.2 Å². The predicted molar refractivity (Wildman–Crippen MR) is 143 cm³/mol. The van der Waals surface area contributed by atoms with Gasteiger partial charge in [-0.3, -0.25) is 4.79 Å². The number of amides is 1. The average Bonchev–Trinajstić information content (AvgIpc) is 2.78. The zero-order chi connectivity index (χ0) is 23.2. The first-order valence-corrected chi connectivity index (χ1v) is 13.6. The number of carbonyl (C=O) groups is 1. The summed E-state index contributed by atoms with van der Waals surface area (Å²) in [5, 5.41) is 3.05. The van der Waals surface area contributed by atoms with E-state index in [1.54, 1.807) is 11.8 Å². The van der Waals surface area contributed by atoms with Gasteiger partial charge in [-0.15, -0.1) is 11.8 Å². The summed E-state index contributed by atoms with van der Waals surface area (Å²) in [6.07, 6.45) is 13.4. The number of anilines is 1. The second-order valence-corrected chi connectivity index (χ2v) is 10.3. The number of hydrogen-bond acceptors (Lipinski definition) is 2. The van der Waals surface area contributed by atoms with Crippen molar-refractivity contribution in [2.75, 3.05) is 11.1 Å². The van der Waals surface area contributed by atoms with Gasteiger partial charge in [0.2, 0.25) is 5.91 Å². The summed E-state index contributed by atoms with van der Waals surface area (Å²) in [4.78, 5) is 13.3. The minimum Gasteiger partial charge on any atom is -0.325 e. The zero-order valence-electron chi connectivity index (χ0n) is 20.7. The molecule has 0 fully saturated rings. The van der Waals surface area contributed by atoms with Crippen LogP contribution in [-0.2, 0) is 4.79 Å². The molecule has 32 heavy (non-hydrogen) atoms. The van der Waals surface area contributed by atoms with Crippen molar-refractivity contribution in [2.45, 2.75) is 97.2 Å². The van der Waals surface area contributed by atoms with Gasteiger partial charge in [0.1, 0.15) is 5.25 Å². The lowest BCUT2D eigenvalue weighted by molar-refractivity contribution is -0.115. The van der Waals surface area contributed by atoms with Gasteiger partial charge in [-0.2, -0.15) is 0 Å². The summed E-state index contributed by atoms with van der Waals surface area (Å²) < 4.78 is 0. The Bertz CT molecular complexity index is 802. The Morgan fingerprint density at radius 1 is 0.844 bits per heavy atom. The van der Waals surface area contributed by atoms with Crippen molar-refractivity contribution in [3.8, 4) is 0 Å². The smallest absolute Gasteiger partial charge is 0.242 e. The van der Waals surface area contributed by atoms with Crippen LogP contribution in [0.15, 0.2) is 42.5 Å². The molecule has 2 rings (SSSR count). The molecule has 1 atom stereocenters. The van der Waals surface area contributed by atoms with Crippen LogP contribution in [0.5, 0.6) is 0 Å². The number of unbranched alkanes of at least 4 members (excludes halogenated alkanes) is 9. The van der Waals surface area contributed by atoms with Crippen LogP contribution in [0.25, 0.3) is 0 Å². The molecule has 0 saturated carbocycles. The Kier molecular flexibility index (Phi) is 12.6. The van der Waals surface area contributed by atoms with Crippen LogP contribution in [-0.4, -0.2) is 11.7 Å². The molecule has 0 aliphatic rings. The van der Waals surface area contributed by atoms with E-state index >= 15 is 0 Å². The highest BCUT2D eigenvalue weighted by molar-refractivity contribution is 8.00. The Balaban J connectivity index is 1.82. The highest BCUT2D eigenvalue weighted by Gasteiger charge is 2.21. The van der Waals surface area contributed by atoms with Gasteiger partial charge in [-0.1, -0.05) is 101 Å². The topological polar surface area (TPSA) is 29.1 Å². The summed E-state index contributed by atoms with van der Waals surface area (Å²) in [7, 11) is 0. The van der Waals surface area contributed by atoms with Crippen LogP contribution in [0, 0.1) is 20.8 Å². The van der Waals surface area contributed by atoms with Gasteiger partial charge >= 0.3 is 0 Å². The second-order valence-electron chi connectivity index (χ2n) is 9.09. The Morgan fingerprint density at radius 2 is 1.44 bits per heavy atom. The number of benzene rings is 2. The largest absolute Gasteiger partial charge is 0.325 e. The van der Waals surface area contributed by atoms with E-state index in [9.17, 15) is 4.79 Å². The summed E-state index contributed by atoms with van der Waals surface area (Å²) in [6, 6.07) is 14.5. The molecular weight excluding hydrogens is 410 g/mol. The average molecular weight is 454 g/mol. The fourth-order valence-electron chi connectivity index (χ4n) is 4.11. The van der Waals surface area contributed by atoms with E-state index in [0.717, 1.165) is 22.6 Å². The van der Waals surface area contributed by atoms with E-state index in [0.29, 0.717) is 0 Å². The van der Waals surface area contributed by atoms with E-state index in [1.165, 1.54) is 75.3 Å². The molecule has 0 bridgehead atoms. The number of carbonyl (C=O) groups excluding carboxylic acids is 1. The first-order chi connectivity index (χ1) is 15.5. The third kappa shape index (κ3) is 9.40. The third-order valence-electron chi connectivity index (χ3n) is 6.19. The fourth-order valence-corrected chi connectivity index (χ4v) is 5.28. The van der Waals surface area contributed by atoms with Crippen molar-refractivity contribution >= 4 is 23.4 Å². The van der Waals surface area contributed by atoms with Crippen LogP contribution >= 0.6 is 11.8 Å². The number of aryl methyl sites for hydroxylation is 2. The first-order valence-electron chi connectivity index (χ1n) is 12.6. The molecule has 1 N–H and O–H groups in total. The molecule has 1 amide bonds. The van der Waals surface area contributed by atoms with Crippen LogP contribution in [0.1, 0.15) is 98.6 Å². The number of hydrogen-bond donors (Lipinski definition) is 1. The van der Waals surface area contributed by atoms with Gasteiger partial charge < -0.3 is 5.32 Å². The Hall–Kier alpha value is -1.74. The van der Waals surface area contributed by atoms with Crippen LogP contribution in [0.4, 0.5) is 5.69 Å². The molecule has 0 radical (unpaired) electrons. The van der Waals surface area contributed by atoms with Gasteiger partial charge in [-0.05, 0) is 61.3 Å². The predicted octanol–water partition coefficient (Wildman–Crippen LogP) is 8.95. The second kappa shape index (κ2) is 15.2. The van der Waals surface area contributed by atoms with Gasteiger partial charge in [-0.25, -0.2) is 0 Å². The lowest BCUT2D eigenvalue weighted by atomic mass is 10.0. The summed E-state index contributed by atoms with van der Waals surface area (Å²) in [5.74, 6) is 1.11. The molecule has 176 valence electrons. The lowest BCUT2D eigenvalue weighted by Crippen LogP contribution is -2.20. The summed E-state index contributed by atoms with van der Waals surface area (Å²) >= 11 is 1.78. The van der Waals surface area contributed by atoms with E-state index in [-0.39, 0.29) is 11.2 Å².